The third-order valence-corrected chi connectivity index (χ3v) is 5.46. The molecule has 1 aliphatic heterocycles. The fourth-order valence-corrected chi connectivity index (χ4v) is 3.98. The molecule has 4 rings (SSSR count). The lowest BCUT2D eigenvalue weighted by molar-refractivity contribution is 0.0977. The average molecular weight is 362 g/mol. The van der Waals surface area contributed by atoms with Crippen molar-refractivity contribution in [2.45, 2.75) is 12.8 Å². The maximum Gasteiger partial charge on any atom is 0.198 e. The number of hydrogen-bond acceptors (Lipinski definition) is 4. The zero-order valence-corrected chi connectivity index (χ0v) is 14.1. The van der Waals surface area contributed by atoms with E-state index in [0.29, 0.717) is 11.3 Å². The first-order valence-electron chi connectivity index (χ1n) is 7.69. The number of nitrogens with zero attached hydrogens (tertiary/aromatic N) is 1. The summed E-state index contributed by atoms with van der Waals surface area (Å²) in [5.41, 5.74) is 1.17. The second-order valence-electron chi connectivity index (χ2n) is 5.97. The molecule has 1 saturated heterocycles. The fraction of sp³-hybridized carbons (Fsp3) is 0.222. The summed E-state index contributed by atoms with van der Waals surface area (Å²) in [4.78, 5) is 27.9. The van der Waals surface area contributed by atoms with E-state index in [2.05, 4.69) is 0 Å². The molecular formula is C18H13Cl2NO3. The van der Waals surface area contributed by atoms with Gasteiger partial charge in [0.15, 0.2) is 11.6 Å². The van der Waals surface area contributed by atoms with Crippen LogP contribution in [-0.2, 0) is 0 Å². The molecule has 1 fully saturated rings. The summed E-state index contributed by atoms with van der Waals surface area (Å²) in [6, 6.07) is 6.59. The van der Waals surface area contributed by atoms with Gasteiger partial charge in [-0.1, -0.05) is 47.5 Å². The normalized spacial score (nSPS) is 16.3. The lowest BCUT2D eigenvalue weighted by atomic mass is 9.82. The third-order valence-electron chi connectivity index (χ3n) is 4.62. The Balaban J connectivity index is 2.08. The number of ketones is 2. The molecule has 0 aromatic heterocycles. The van der Waals surface area contributed by atoms with Crippen LogP contribution in [0.5, 0.6) is 5.75 Å². The summed E-state index contributed by atoms with van der Waals surface area (Å²) in [6.07, 6.45) is 1.95. The predicted octanol–water partition coefficient (Wildman–Crippen LogP) is 4.07. The Hall–Kier alpha value is -2.04. The van der Waals surface area contributed by atoms with Gasteiger partial charge in [0, 0.05) is 24.2 Å². The molecule has 0 amide bonds. The molecule has 2 aliphatic rings. The Morgan fingerprint density at radius 2 is 1.42 bits per heavy atom. The summed E-state index contributed by atoms with van der Waals surface area (Å²) in [6.45, 7) is 1.47. The molecule has 2 aromatic rings. The van der Waals surface area contributed by atoms with Crippen molar-refractivity contribution >= 4 is 40.5 Å². The third kappa shape index (κ3) is 2.00. The number of rotatable bonds is 1. The molecule has 0 bridgehead atoms. The van der Waals surface area contributed by atoms with Gasteiger partial charge < -0.3 is 10.0 Å². The van der Waals surface area contributed by atoms with Crippen molar-refractivity contribution in [3.05, 3.63) is 56.6 Å². The zero-order valence-electron chi connectivity index (χ0n) is 12.6. The van der Waals surface area contributed by atoms with E-state index in [1.807, 2.05) is 4.90 Å². The second kappa shape index (κ2) is 5.50. The van der Waals surface area contributed by atoms with Crippen LogP contribution in [0.25, 0.3) is 0 Å². The highest BCUT2D eigenvalue weighted by molar-refractivity contribution is 6.47. The maximum atomic E-state index is 13.1. The fourth-order valence-electron chi connectivity index (χ4n) is 3.49. The van der Waals surface area contributed by atoms with Gasteiger partial charge in [0.1, 0.15) is 10.8 Å². The van der Waals surface area contributed by atoms with Crippen LogP contribution in [-0.4, -0.2) is 29.8 Å². The van der Waals surface area contributed by atoms with Crippen molar-refractivity contribution in [2.75, 3.05) is 18.0 Å². The number of carbonyl (C=O) groups excluding carboxylic acids is 2. The monoisotopic (exact) mass is 361 g/mol. The number of phenolic OH excluding ortho intramolecular Hbond substituents is 1. The summed E-state index contributed by atoms with van der Waals surface area (Å²) < 4.78 is 0. The van der Waals surface area contributed by atoms with Gasteiger partial charge in [-0.3, -0.25) is 9.59 Å². The van der Waals surface area contributed by atoms with Crippen molar-refractivity contribution in [3.63, 3.8) is 0 Å². The number of aromatic hydroxyl groups is 1. The van der Waals surface area contributed by atoms with Gasteiger partial charge >= 0.3 is 0 Å². The van der Waals surface area contributed by atoms with Crippen molar-refractivity contribution in [3.8, 4) is 5.75 Å². The van der Waals surface area contributed by atoms with Crippen LogP contribution < -0.4 is 4.90 Å². The highest BCUT2D eigenvalue weighted by Gasteiger charge is 2.38. The van der Waals surface area contributed by atoms with E-state index in [9.17, 15) is 14.7 Å². The standard InChI is InChI=1S/C18H13Cl2NO3/c19-13-14(20)18(24)12-11(15(13)21-7-3-4-8-21)16(22)9-5-1-2-6-10(9)17(12)23/h1-2,5-6,24H,3-4,7-8H2. The molecule has 4 nitrogen and oxygen atoms in total. The van der Waals surface area contributed by atoms with Crippen molar-refractivity contribution in [1.29, 1.82) is 0 Å². The SMILES string of the molecule is O=C1c2ccccc2C(=O)c2c1c(O)c(Cl)c(Cl)c2N1CCCC1. The minimum absolute atomic E-state index is 0.0463. The van der Waals surface area contributed by atoms with Crippen LogP contribution in [0, 0.1) is 0 Å². The topological polar surface area (TPSA) is 57.6 Å². The minimum atomic E-state index is -0.424. The zero-order chi connectivity index (χ0) is 17.0. The molecule has 122 valence electrons. The van der Waals surface area contributed by atoms with Gasteiger partial charge in [0.25, 0.3) is 0 Å². The van der Waals surface area contributed by atoms with Crippen LogP contribution in [0.2, 0.25) is 10.0 Å². The summed E-state index contributed by atoms with van der Waals surface area (Å²) in [5.74, 6) is -1.14. The van der Waals surface area contributed by atoms with E-state index in [1.54, 1.807) is 24.3 Å². The molecule has 1 N–H and O–H groups in total. The Labute approximate surface area is 148 Å². The number of anilines is 1. The smallest absolute Gasteiger partial charge is 0.198 e. The molecule has 1 aliphatic carbocycles. The maximum absolute atomic E-state index is 13.1. The Morgan fingerprint density at radius 3 is 2.00 bits per heavy atom. The second-order valence-corrected chi connectivity index (χ2v) is 6.73. The highest BCUT2D eigenvalue weighted by atomic mass is 35.5. The van der Waals surface area contributed by atoms with Gasteiger partial charge in [-0.25, -0.2) is 0 Å². The van der Waals surface area contributed by atoms with Crippen LogP contribution in [0.1, 0.15) is 44.7 Å². The largest absolute Gasteiger partial charge is 0.506 e. The summed E-state index contributed by atoms with van der Waals surface area (Å²) >= 11 is 12.5. The van der Waals surface area contributed by atoms with E-state index < -0.39 is 11.5 Å². The number of halogens is 2. The minimum Gasteiger partial charge on any atom is -0.506 e. The van der Waals surface area contributed by atoms with Crippen LogP contribution in [0.15, 0.2) is 24.3 Å². The quantitative estimate of drug-likeness (QED) is 0.709. The first-order valence-corrected chi connectivity index (χ1v) is 8.45. The van der Waals surface area contributed by atoms with Gasteiger partial charge in [-0.15, -0.1) is 0 Å². The molecule has 24 heavy (non-hydrogen) atoms. The molecule has 0 saturated carbocycles. The number of hydrogen-bond donors (Lipinski definition) is 1. The van der Waals surface area contributed by atoms with E-state index >= 15 is 0 Å². The van der Waals surface area contributed by atoms with Gasteiger partial charge in [0.05, 0.1) is 21.8 Å². The summed E-state index contributed by atoms with van der Waals surface area (Å²) in [5, 5.41) is 10.4. The van der Waals surface area contributed by atoms with E-state index in [-0.39, 0.29) is 32.5 Å². The van der Waals surface area contributed by atoms with Crippen LogP contribution in [0.3, 0.4) is 0 Å². The van der Waals surface area contributed by atoms with Crippen molar-refractivity contribution < 1.29 is 14.7 Å². The van der Waals surface area contributed by atoms with Crippen LogP contribution >= 0.6 is 23.2 Å². The number of phenols is 1. The van der Waals surface area contributed by atoms with Gasteiger partial charge in [0.2, 0.25) is 0 Å². The number of benzene rings is 2. The molecule has 1 heterocycles. The molecule has 0 unspecified atom stereocenters. The van der Waals surface area contributed by atoms with Crippen LogP contribution in [0.4, 0.5) is 5.69 Å². The van der Waals surface area contributed by atoms with E-state index in [4.69, 9.17) is 23.2 Å². The molecule has 0 spiro atoms. The number of carbonyl (C=O) groups is 2. The molecule has 0 radical (unpaired) electrons. The Morgan fingerprint density at radius 1 is 0.875 bits per heavy atom. The Bertz CT molecular complexity index is 902. The molecule has 2 aromatic carbocycles. The van der Waals surface area contributed by atoms with E-state index in [1.165, 1.54) is 0 Å². The van der Waals surface area contributed by atoms with Crippen molar-refractivity contribution in [2.24, 2.45) is 0 Å². The first-order chi connectivity index (χ1) is 11.5. The molecule has 6 heteroatoms. The van der Waals surface area contributed by atoms with Gasteiger partial charge in [-0.2, -0.15) is 0 Å². The van der Waals surface area contributed by atoms with E-state index in [0.717, 1.165) is 25.9 Å². The molecule has 0 atom stereocenters. The number of fused-ring (bicyclic) bond motifs is 2. The summed E-state index contributed by atoms with van der Waals surface area (Å²) in [7, 11) is 0. The lowest BCUT2D eigenvalue weighted by Gasteiger charge is -2.28. The molecular weight excluding hydrogens is 349 g/mol. The van der Waals surface area contributed by atoms with Crippen molar-refractivity contribution in [1.82, 2.24) is 0 Å². The highest BCUT2D eigenvalue weighted by Crippen LogP contribution is 2.48. The predicted molar refractivity (Wildman–Crippen MR) is 92.9 cm³/mol. The Kier molecular flexibility index (Phi) is 3.55. The first kappa shape index (κ1) is 15.5. The van der Waals surface area contributed by atoms with Gasteiger partial charge in [-0.05, 0) is 12.8 Å². The average Bonchev–Trinajstić information content (AvgIpc) is 3.11. The lowest BCUT2D eigenvalue weighted by Crippen LogP contribution is -2.27.